The van der Waals surface area contributed by atoms with Gasteiger partial charge in [0.25, 0.3) is 5.91 Å². The van der Waals surface area contributed by atoms with E-state index in [-0.39, 0.29) is 5.91 Å². The lowest BCUT2D eigenvalue weighted by molar-refractivity contribution is -0.123. The molecule has 37 heavy (non-hydrogen) atoms. The smallest absolute Gasteiger partial charge is 0.258 e. The molecule has 0 spiro atoms. The molecule has 0 bridgehead atoms. The van der Waals surface area contributed by atoms with Crippen molar-refractivity contribution < 1.29 is 4.79 Å². The van der Waals surface area contributed by atoms with Gasteiger partial charge in [-0.2, -0.15) is 5.26 Å². The zero-order chi connectivity index (χ0) is 26.6. The van der Waals surface area contributed by atoms with Gasteiger partial charge in [0.15, 0.2) is 0 Å². The molecule has 1 aliphatic heterocycles. The van der Waals surface area contributed by atoms with Crippen molar-refractivity contribution >= 4 is 29.2 Å². The third kappa shape index (κ3) is 5.37. The second-order valence-electron chi connectivity index (χ2n) is 9.64. The minimum absolute atomic E-state index is 0.0504. The maximum Gasteiger partial charge on any atom is 0.258 e. The van der Waals surface area contributed by atoms with Crippen LogP contribution in [0.15, 0.2) is 91.3 Å². The maximum atomic E-state index is 13.3. The Hall–Kier alpha value is -4.49. The number of amides is 1. The fourth-order valence-corrected chi connectivity index (χ4v) is 4.29. The van der Waals surface area contributed by atoms with Crippen LogP contribution in [-0.4, -0.2) is 22.3 Å². The van der Waals surface area contributed by atoms with Crippen LogP contribution < -0.4 is 0 Å². The van der Waals surface area contributed by atoms with E-state index in [2.05, 4.69) is 42.8 Å². The molecule has 0 saturated heterocycles. The molecule has 0 radical (unpaired) electrons. The summed E-state index contributed by atoms with van der Waals surface area (Å²) in [5, 5.41) is 9.44. The molecule has 0 N–H and O–H groups in total. The first-order valence-corrected chi connectivity index (χ1v) is 12.4. The van der Waals surface area contributed by atoms with Gasteiger partial charge in [0.2, 0.25) is 0 Å². The first-order chi connectivity index (χ1) is 17.8. The number of aromatic nitrogens is 1. The Balaban J connectivity index is 1.74. The van der Waals surface area contributed by atoms with Crippen LogP contribution in [0.1, 0.15) is 54.3 Å². The summed E-state index contributed by atoms with van der Waals surface area (Å²) in [6, 6.07) is 22.3. The van der Waals surface area contributed by atoms with E-state index in [0.29, 0.717) is 12.1 Å². The predicted octanol–water partition coefficient (Wildman–Crippen LogP) is 7.20. The molecule has 1 amide bonds. The van der Waals surface area contributed by atoms with E-state index in [9.17, 15) is 10.1 Å². The standard InChI is InChI=1S/C33H31N3O/c1-6-25(19-26-11-9-8-10-23(26)3)27-16-17-35-31(20-27)30-21-36(7-2)32(37)29(30)18-24-12-14-28(15-13-24)33(4,5)22-34/h6,8-21H,1,7H2,2-5H3/b25-19+,29-18-. The number of nitrogens with zero attached hydrogens (tertiary/aromatic N) is 3. The number of pyridine rings is 1. The summed E-state index contributed by atoms with van der Waals surface area (Å²) in [7, 11) is 0. The first-order valence-electron chi connectivity index (χ1n) is 12.4. The Morgan fingerprint density at radius 3 is 2.51 bits per heavy atom. The van der Waals surface area contributed by atoms with Crippen LogP contribution in [-0.2, 0) is 10.2 Å². The summed E-state index contributed by atoms with van der Waals surface area (Å²) in [6.45, 7) is 12.4. The Morgan fingerprint density at radius 1 is 1.14 bits per heavy atom. The average molecular weight is 486 g/mol. The van der Waals surface area contributed by atoms with E-state index in [0.717, 1.165) is 39.1 Å². The van der Waals surface area contributed by atoms with Crippen LogP contribution in [0, 0.1) is 18.3 Å². The van der Waals surface area contributed by atoms with Crippen LogP contribution in [0.2, 0.25) is 0 Å². The Bertz CT molecular complexity index is 1480. The normalized spacial score (nSPS) is 15.1. The molecular formula is C33H31N3O. The number of allylic oxidation sites excluding steroid dienone is 2. The van der Waals surface area contributed by atoms with Crippen LogP contribution >= 0.6 is 0 Å². The first kappa shape index (κ1) is 25.6. The molecule has 4 nitrogen and oxygen atoms in total. The average Bonchev–Trinajstić information content (AvgIpc) is 3.23. The van der Waals surface area contributed by atoms with E-state index in [1.807, 2.05) is 87.7 Å². The molecule has 2 heterocycles. The molecule has 1 aromatic heterocycles. The van der Waals surface area contributed by atoms with Crippen molar-refractivity contribution in [2.24, 2.45) is 0 Å². The molecule has 1 aliphatic rings. The number of benzene rings is 2. The second-order valence-corrected chi connectivity index (χ2v) is 9.64. The van der Waals surface area contributed by atoms with Gasteiger partial charge in [0, 0.05) is 24.5 Å². The summed E-state index contributed by atoms with van der Waals surface area (Å²) in [5.74, 6) is -0.0504. The monoisotopic (exact) mass is 485 g/mol. The highest BCUT2D eigenvalue weighted by molar-refractivity contribution is 6.16. The van der Waals surface area contributed by atoms with Crippen molar-refractivity contribution in [1.29, 1.82) is 5.26 Å². The molecule has 0 fully saturated rings. The van der Waals surface area contributed by atoms with Crippen LogP contribution in [0.4, 0.5) is 0 Å². The van der Waals surface area contributed by atoms with Gasteiger partial charge in [-0.15, -0.1) is 0 Å². The van der Waals surface area contributed by atoms with Crippen LogP contribution in [0.25, 0.3) is 23.3 Å². The highest BCUT2D eigenvalue weighted by Gasteiger charge is 2.29. The highest BCUT2D eigenvalue weighted by atomic mass is 16.2. The Labute approximate surface area is 219 Å². The predicted molar refractivity (Wildman–Crippen MR) is 152 cm³/mol. The molecule has 0 atom stereocenters. The molecule has 3 aromatic rings. The number of hydrogen-bond donors (Lipinski definition) is 0. The fraction of sp³-hybridized carbons (Fsp3) is 0.182. The lowest BCUT2D eigenvalue weighted by Crippen LogP contribution is -2.21. The molecular weight excluding hydrogens is 454 g/mol. The molecule has 0 aliphatic carbocycles. The minimum atomic E-state index is -0.571. The number of hydrogen-bond acceptors (Lipinski definition) is 3. The van der Waals surface area contributed by atoms with Crippen molar-refractivity contribution in [3.05, 3.63) is 125 Å². The van der Waals surface area contributed by atoms with Crippen molar-refractivity contribution in [2.75, 3.05) is 6.54 Å². The minimum Gasteiger partial charge on any atom is -0.315 e. The van der Waals surface area contributed by atoms with Gasteiger partial charge in [-0.05, 0) is 85.4 Å². The summed E-state index contributed by atoms with van der Waals surface area (Å²) < 4.78 is 0. The number of rotatable bonds is 7. The third-order valence-electron chi connectivity index (χ3n) is 6.72. The summed E-state index contributed by atoms with van der Waals surface area (Å²) in [5.41, 5.74) is 7.66. The summed E-state index contributed by atoms with van der Waals surface area (Å²) in [6.07, 6.45) is 9.52. The summed E-state index contributed by atoms with van der Waals surface area (Å²) >= 11 is 0. The molecule has 4 heteroatoms. The largest absolute Gasteiger partial charge is 0.315 e. The van der Waals surface area contributed by atoms with Crippen molar-refractivity contribution in [3.63, 3.8) is 0 Å². The van der Waals surface area contributed by atoms with Crippen molar-refractivity contribution in [1.82, 2.24) is 9.88 Å². The molecule has 184 valence electrons. The molecule has 0 unspecified atom stereocenters. The van der Waals surface area contributed by atoms with E-state index < -0.39 is 5.41 Å². The quantitative estimate of drug-likeness (QED) is 0.263. The Morgan fingerprint density at radius 2 is 1.86 bits per heavy atom. The van der Waals surface area contributed by atoms with Gasteiger partial charge in [0.05, 0.1) is 22.8 Å². The van der Waals surface area contributed by atoms with Gasteiger partial charge >= 0.3 is 0 Å². The number of likely N-dealkylation sites (N-methyl/N-ethyl adjacent to an activating group) is 1. The number of aryl methyl sites for hydroxylation is 1. The van der Waals surface area contributed by atoms with E-state index in [4.69, 9.17) is 0 Å². The SMILES string of the molecule is C=C/C(=C\c1ccccc1C)c1ccnc(C2=CN(CC)C(=O)/C2=C\c2ccc(C(C)(C)C#N)cc2)c1. The fourth-order valence-electron chi connectivity index (χ4n) is 4.29. The molecule has 2 aromatic carbocycles. The van der Waals surface area contributed by atoms with Crippen LogP contribution in [0.3, 0.4) is 0 Å². The highest BCUT2D eigenvalue weighted by Crippen LogP contribution is 2.33. The number of carbonyl (C=O) groups excluding carboxylic acids is 1. The second kappa shape index (κ2) is 10.6. The zero-order valence-corrected chi connectivity index (χ0v) is 21.8. The van der Waals surface area contributed by atoms with Gasteiger partial charge in [-0.3, -0.25) is 9.78 Å². The van der Waals surface area contributed by atoms with Crippen molar-refractivity contribution in [3.8, 4) is 6.07 Å². The van der Waals surface area contributed by atoms with Gasteiger partial charge in [-0.1, -0.05) is 61.2 Å². The molecule has 4 rings (SSSR count). The maximum absolute atomic E-state index is 13.3. The van der Waals surface area contributed by atoms with Crippen molar-refractivity contribution in [2.45, 2.75) is 33.1 Å². The van der Waals surface area contributed by atoms with Crippen LogP contribution in [0.5, 0.6) is 0 Å². The summed E-state index contributed by atoms with van der Waals surface area (Å²) in [4.78, 5) is 19.6. The van der Waals surface area contributed by atoms with Gasteiger partial charge in [0.1, 0.15) is 0 Å². The van der Waals surface area contributed by atoms with E-state index in [1.165, 1.54) is 5.56 Å². The molecule has 0 saturated carbocycles. The van der Waals surface area contributed by atoms with Gasteiger partial charge < -0.3 is 4.90 Å². The Kier molecular flexibility index (Phi) is 7.36. The lowest BCUT2D eigenvalue weighted by atomic mass is 9.86. The van der Waals surface area contributed by atoms with E-state index >= 15 is 0 Å². The zero-order valence-electron chi connectivity index (χ0n) is 21.8. The third-order valence-corrected chi connectivity index (χ3v) is 6.72. The lowest BCUT2D eigenvalue weighted by Gasteiger charge is -2.15. The topological polar surface area (TPSA) is 57.0 Å². The van der Waals surface area contributed by atoms with Gasteiger partial charge in [-0.25, -0.2) is 0 Å². The number of carbonyl (C=O) groups is 1. The number of nitriles is 1. The van der Waals surface area contributed by atoms with E-state index in [1.54, 1.807) is 11.1 Å².